The summed E-state index contributed by atoms with van der Waals surface area (Å²) < 4.78 is 31.8. The molecule has 3 N–H and O–H groups in total. The number of fused-ring (bicyclic) bond motifs is 1. The molecule has 0 saturated heterocycles. The highest BCUT2D eigenvalue weighted by atomic mass is 32.2. The lowest BCUT2D eigenvalue weighted by atomic mass is 9.93. The number of pyridine rings is 1. The molecule has 2 aromatic heterocycles. The Morgan fingerprint density at radius 1 is 1.15 bits per heavy atom. The third-order valence-electron chi connectivity index (χ3n) is 5.95. The Bertz CT molecular complexity index is 1390. The van der Waals surface area contributed by atoms with E-state index in [4.69, 9.17) is 0 Å². The van der Waals surface area contributed by atoms with Gasteiger partial charge in [-0.25, -0.2) is 4.98 Å². The lowest BCUT2D eigenvalue weighted by Crippen LogP contribution is -2.39. The fourth-order valence-corrected chi connectivity index (χ4v) is 4.79. The van der Waals surface area contributed by atoms with E-state index in [2.05, 4.69) is 24.7 Å². The van der Waals surface area contributed by atoms with Crippen molar-refractivity contribution in [1.29, 1.82) is 0 Å². The average molecular weight is 479 g/mol. The number of nitrogens with zero attached hydrogens (tertiary/aromatic N) is 3. The number of anilines is 1. The molecule has 10 heteroatoms. The summed E-state index contributed by atoms with van der Waals surface area (Å²) in [7, 11) is -3.72. The van der Waals surface area contributed by atoms with Gasteiger partial charge in [0.1, 0.15) is 5.65 Å². The van der Waals surface area contributed by atoms with E-state index in [0.717, 1.165) is 36.9 Å². The summed E-state index contributed by atoms with van der Waals surface area (Å²) in [5.41, 5.74) is 4.04. The predicted molar refractivity (Wildman–Crippen MR) is 132 cm³/mol. The standard InChI is InChI=1S/C24H26N6O3S/c31-24(27-20-5-2-6-20)18-9-10-23-28-22(16-30(23)15-18)17-4-1-7-21(14-17)29-34(32,33)26-13-11-19-8-3-12-25-19/h1,4,7-10,12,14-16,20,26,29H,2-3,5-6,11,13H2,(H,27,31). The van der Waals surface area contributed by atoms with Crippen LogP contribution in [-0.4, -0.2) is 42.5 Å². The molecule has 0 spiro atoms. The lowest BCUT2D eigenvalue weighted by Gasteiger charge is -2.26. The maximum Gasteiger partial charge on any atom is 0.299 e. The molecule has 1 amide bonds. The van der Waals surface area contributed by atoms with Crippen LogP contribution in [0.2, 0.25) is 0 Å². The van der Waals surface area contributed by atoms with Crippen molar-refractivity contribution in [2.24, 2.45) is 4.99 Å². The largest absolute Gasteiger partial charge is 0.349 e. The highest BCUT2D eigenvalue weighted by molar-refractivity contribution is 7.90. The van der Waals surface area contributed by atoms with Crippen molar-refractivity contribution in [1.82, 2.24) is 19.4 Å². The van der Waals surface area contributed by atoms with Gasteiger partial charge in [-0.2, -0.15) is 13.1 Å². The van der Waals surface area contributed by atoms with Gasteiger partial charge in [-0.05, 0) is 43.5 Å². The first-order chi connectivity index (χ1) is 16.4. The van der Waals surface area contributed by atoms with Gasteiger partial charge in [0.2, 0.25) is 0 Å². The number of aliphatic imine (C=N–C) groups is 1. The van der Waals surface area contributed by atoms with Gasteiger partial charge in [-0.15, -0.1) is 0 Å². The molecule has 1 fully saturated rings. The number of allylic oxidation sites excluding steroid dienone is 1. The third-order valence-corrected chi connectivity index (χ3v) is 7.04. The molecule has 1 aromatic carbocycles. The minimum atomic E-state index is -3.72. The third kappa shape index (κ3) is 5.18. The first kappa shape index (κ1) is 22.3. The smallest absolute Gasteiger partial charge is 0.299 e. The van der Waals surface area contributed by atoms with Crippen LogP contribution in [0, 0.1) is 0 Å². The molecule has 0 radical (unpaired) electrons. The second-order valence-electron chi connectivity index (χ2n) is 8.48. The van der Waals surface area contributed by atoms with Crippen molar-refractivity contribution < 1.29 is 13.2 Å². The molecule has 0 bridgehead atoms. The number of hydrogen-bond donors (Lipinski definition) is 3. The Kier molecular flexibility index (Phi) is 6.16. The van der Waals surface area contributed by atoms with E-state index in [1.807, 2.05) is 22.7 Å². The van der Waals surface area contributed by atoms with E-state index in [-0.39, 0.29) is 18.5 Å². The fourth-order valence-electron chi connectivity index (χ4n) is 3.91. The zero-order valence-corrected chi connectivity index (χ0v) is 19.4. The van der Waals surface area contributed by atoms with Gasteiger partial charge in [-0.3, -0.25) is 14.5 Å². The molecule has 176 valence electrons. The highest BCUT2D eigenvalue weighted by Gasteiger charge is 2.20. The molecule has 3 aromatic rings. The topological polar surface area (TPSA) is 117 Å². The van der Waals surface area contributed by atoms with Crippen molar-refractivity contribution in [3.8, 4) is 11.3 Å². The van der Waals surface area contributed by atoms with E-state index < -0.39 is 10.2 Å². The number of carbonyl (C=O) groups is 1. The first-order valence-electron chi connectivity index (χ1n) is 11.3. The Morgan fingerprint density at radius 2 is 2.03 bits per heavy atom. The van der Waals surface area contributed by atoms with Crippen molar-refractivity contribution >= 4 is 33.7 Å². The molecule has 1 saturated carbocycles. The SMILES string of the molecule is O=C(NC1CCC1)c1ccc2nc(-c3cccc(NS(=O)(=O)NCCC4=CCC=N4)c3)cn2c1. The molecule has 0 unspecified atom stereocenters. The normalized spacial score (nSPS) is 15.8. The maximum atomic E-state index is 12.5. The zero-order valence-electron chi connectivity index (χ0n) is 18.6. The first-order valence-corrected chi connectivity index (χ1v) is 12.8. The maximum absolute atomic E-state index is 12.5. The molecule has 1 aliphatic carbocycles. The van der Waals surface area contributed by atoms with E-state index in [0.29, 0.717) is 29.0 Å². The van der Waals surface area contributed by atoms with Crippen LogP contribution < -0.4 is 14.8 Å². The van der Waals surface area contributed by atoms with E-state index in [9.17, 15) is 13.2 Å². The van der Waals surface area contributed by atoms with E-state index in [1.54, 1.807) is 42.7 Å². The zero-order chi connectivity index (χ0) is 23.5. The summed E-state index contributed by atoms with van der Waals surface area (Å²) in [5, 5.41) is 3.04. The number of aromatic nitrogens is 2. The molecular formula is C24H26N6O3S. The van der Waals surface area contributed by atoms with Crippen LogP contribution in [0.3, 0.4) is 0 Å². The van der Waals surface area contributed by atoms with Crippen LogP contribution in [0.15, 0.2) is 65.6 Å². The average Bonchev–Trinajstić information content (AvgIpc) is 3.45. The van der Waals surface area contributed by atoms with Crippen LogP contribution in [0.25, 0.3) is 16.9 Å². The van der Waals surface area contributed by atoms with Crippen molar-refractivity contribution in [2.75, 3.05) is 11.3 Å². The Labute approximate surface area is 198 Å². The van der Waals surface area contributed by atoms with Gasteiger partial charge in [0.15, 0.2) is 0 Å². The number of hydrogen-bond acceptors (Lipinski definition) is 5. The summed E-state index contributed by atoms with van der Waals surface area (Å²) in [6.45, 7) is 0.265. The van der Waals surface area contributed by atoms with Crippen LogP contribution in [0.4, 0.5) is 5.69 Å². The summed E-state index contributed by atoms with van der Waals surface area (Å²) in [5.74, 6) is -0.0817. The van der Waals surface area contributed by atoms with Crippen LogP contribution in [-0.2, 0) is 10.2 Å². The number of rotatable bonds is 9. The summed E-state index contributed by atoms with van der Waals surface area (Å²) in [6.07, 6.45) is 11.9. The van der Waals surface area contributed by atoms with E-state index >= 15 is 0 Å². The molecule has 0 atom stereocenters. The van der Waals surface area contributed by atoms with Crippen molar-refractivity contribution in [2.45, 2.75) is 38.1 Å². The van der Waals surface area contributed by atoms with Crippen LogP contribution in [0.1, 0.15) is 42.5 Å². The van der Waals surface area contributed by atoms with Crippen molar-refractivity contribution in [3.05, 3.63) is 66.1 Å². The van der Waals surface area contributed by atoms with Gasteiger partial charge in [0.25, 0.3) is 16.1 Å². The molecule has 9 nitrogen and oxygen atoms in total. The Balaban J connectivity index is 1.27. The number of carbonyl (C=O) groups excluding carboxylic acids is 1. The van der Waals surface area contributed by atoms with Gasteiger partial charge < -0.3 is 9.72 Å². The molecule has 2 aliphatic rings. The number of nitrogens with one attached hydrogen (secondary N) is 3. The quantitative estimate of drug-likeness (QED) is 0.437. The monoisotopic (exact) mass is 478 g/mol. The van der Waals surface area contributed by atoms with E-state index in [1.165, 1.54) is 0 Å². The predicted octanol–water partition coefficient (Wildman–Crippen LogP) is 3.28. The van der Waals surface area contributed by atoms with Crippen molar-refractivity contribution in [3.63, 3.8) is 0 Å². The second-order valence-corrected chi connectivity index (χ2v) is 9.98. The molecule has 3 heterocycles. The van der Waals surface area contributed by atoms with Gasteiger partial charge >= 0.3 is 0 Å². The summed E-state index contributed by atoms with van der Waals surface area (Å²) in [6, 6.07) is 10.9. The molecule has 34 heavy (non-hydrogen) atoms. The molecular weight excluding hydrogens is 452 g/mol. The Morgan fingerprint density at radius 3 is 2.79 bits per heavy atom. The summed E-state index contributed by atoms with van der Waals surface area (Å²) in [4.78, 5) is 21.3. The molecule has 1 aliphatic heterocycles. The van der Waals surface area contributed by atoms with Gasteiger partial charge in [0, 0.05) is 55.3 Å². The minimum Gasteiger partial charge on any atom is -0.349 e. The number of imidazole rings is 1. The van der Waals surface area contributed by atoms with Gasteiger partial charge in [0.05, 0.1) is 16.9 Å². The van der Waals surface area contributed by atoms with Crippen LogP contribution in [0.5, 0.6) is 0 Å². The second kappa shape index (κ2) is 9.40. The highest BCUT2D eigenvalue weighted by Crippen LogP contribution is 2.24. The number of amides is 1. The summed E-state index contributed by atoms with van der Waals surface area (Å²) >= 11 is 0. The molecule has 5 rings (SSSR count). The van der Waals surface area contributed by atoms with Gasteiger partial charge in [-0.1, -0.05) is 18.2 Å². The van der Waals surface area contributed by atoms with Crippen LogP contribution >= 0.6 is 0 Å². The minimum absolute atomic E-state index is 0.0817. The Hall–Kier alpha value is -3.50. The lowest BCUT2D eigenvalue weighted by molar-refractivity contribution is 0.0916. The number of benzene rings is 1. The fraction of sp³-hybridized carbons (Fsp3) is 0.292.